The summed E-state index contributed by atoms with van der Waals surface area (Å²) in [5.41, 5.74) is 5.22. The maximum atomic E-state index is 5.98. The predicted octanol–water partition coefficient (Wildman–Crippen LogP) is 4.90. The molecule has 0 heterocycles. The summed E-state index contributed by atoms with van der Waals surface area (Å²) in [6.07, 6.45) is 0. The van der Waals surface area contributed by atoms with Crippen molar-refractivity contribution in [3.63, 3.8) is 0 Å². The van der Waals surface area contributed by atoms with Crippen LogP contribution in [0.2, 0.25) is 0 Å². The van der Waals surface area contributed by atoms with Crippen LogP contribution in [0.4, 0.5) is 0 Å². The summed E-state index contributed by atoms with van der Waals surface area (Å²) in [6, 6.07) is 35.0. The van der Waals surface area contributed by atoms with Crippen molar-refractivity contribution in [1.82, 2.24) is 0 Å². The first kappa shape index (κ1) is 19.9. The Balaban J connectivity index is 1.49. The zero-order chi connectivity index (χ0) is 21.5. The van der Waals surface area contributed by atoms with Gasteiger partial charge in [0.25, 0.3) is 0 Å². The Hall–Kier alpha value is -4.38. The van der Waals surface area contributed by atoms with Gasteiger partial charge in [0.1, 0.15) is 11.5 Å². The van der Waals surface area contributed by atoms with E-state index in [2.05, 4.69) is 10.2 Å². The Labute approximate surface area is 181 Å². The summed E-state index contributed by atoms with van der Waals surface area (Å²) >= 11 is 0. The summed E-state index contributed by atoms with van der Waals surface area (Å²) < 4.78 is 5.98. The zero-order valence-corrected chi connectivity index (χ0v) is 16.8. The monoisotopic (exact) mass is 406 g/mol. The average Bonchev–Trinajstić information content (AvgIpc) is 2.84. The molecule has 0 aliphatic heterocycles. The molecule has 0 saturated heterocycles. The molecule has 0 aliphatic carbocycles. The molecule has 0 aliphatic rings. The number of rotatable bonds is 6. The first-order valence-corrected chi connectivity index (χ1v) is 9.84. The van der Waals surface area contributed by atoms with Gasteiger partial charge >= 0.3 is 0 Å². The van der Waals surface area contributed by atoms with Gasteiger partial charge in [0.05, 0.1) is 11.4 Å². The van der Waals surface area contributed by atoms with Gasteiger partial charge in [0, 0.05) is 22.3 Å². The number of hydrogen-bond acceptors (Lipinski definition) is 5. The highest BCUT2D eigenvalue weighted by atomic mass is 16.5. The van der Waals surface area contributed by atoms with E-state index in [1.807, 2.05) is 109 Å². The number of benzene rings is 4. The third kappa shape index (κ3) is 4.62. The number of nitrogens with two attached hydrogens (primary N) is 2. The van der Waals surface area contributed by atoms with Crippen molar-refractivity contribution < 1.29 is 4.74 Å². The molecule has 0 radical (unpaired) electrons. The highest BCUT2D eigenvalue weighted by molar-refractivity contribution is 6.13. The second-order valence-electron chi connectivity index (χ2n) is 6.84. The third-order valence-electron chi connectivity index (χ3n) is 4.84. The molecule has 4 N–H and O–H groups in total. The van der Waals surface area contributed by atoms with Crippen LogP contribution in [0.25, 0.3) is 0 Å². The van der Waals surface area contributed by atoms with E-state index >= 15 is 0 Å². The summed E-state index contributed by atoms with van der Waals surface area (Å²) in [4.78, 5) is 0. The number of hydrazone groups is 2. The second-order valence-corrected chi connectivity index (χ2v) is 6.84. The van der Waals surface area contributed by atoms with Crippen LogP contribution in [0.1, 0.15) is 22.3 Å². The lowest BCUT2D eigenvalue weighted by Crippen LogP contribution is -2.06. The lowest BCUT2D eigenvalue weighted by atomic mass is 10.0. The van der Waals surface area contributed by atoms with E-state index in [1.54, 1.807) is 0 Å². The van der Waals surface area contributed by atoms with Crippen molar-refractivity contribution in [2.75, 3.05) is 0 Å². The van der Waals surface area contributed by atoms with Gasteiger partial charge in [0.2, 0.25) is 0 Å². The molecule has 31 heavy (non-hydrogen) atoms. The topological polar surface area (TPSA) is 86.0 Å². The summed E-state index contributed by atoms with van der Waals surface area (Å²) in [7, 11) is 0. The van der Waals surface area contributed by atoms with Crippen LogP contribution in [0.15, 0.2) is 119 Å². The lowest BCUT2D eigenvalue weighted by Gasteiger charge is -2.10. The molecule has 0 unspecified atom stereocenters. The lowest BCUT2D eigenvalue weighted by molar-refractivity contribution is 0.482. The molecule has 0 atom stereocenters. The van der Waals surface area contributed by atoms with E-state index in [0.717, 1.165) is 45.2 Å². The van der Waals surface area contributed by atoms with Crippen molar-refractivity contribution in [2.24, 2.45) is 21.9 Å². The van der Waals surface area contributed by atoms with Gasteiger partial charge < -0.3 is 16.4 Å². The van der Waals surface area contributed by atoms with Crippen LogP contribution in [0, 0.1) is 0 Å². The van der Waals surface area contributed by atoms with Crippen molar-refractivity contribution >= 4 is 11.4 Å². The maximum Gasteiger partial charge on any atom is 0.127 e. The number of hydrogen-bond donors (Lipinski definition) is 2. The fourth-order valence-corrected chi connectivity index (χ4v) is 3.32. The summed E-state index contributed by atoms with van der Waals surface area (Å²) in [5.74, 6) is 12.7. The van der Waals surface area contributed by atoms with E-state index in [1.165, 1.54) is 0 Å². The minimum atomic E-state index is 0.719. The minimum absolute atomic E-state index is 0.719. The van der Waals surface area contributed by atoms with Crippen LogP contribution < -0.4 is 16.4 Å². The normalized spacial score (nSPS) is 11.9. The smallest absolute Gasteiger partial charge is 0.127 e. The summed E-state index contributed by atoms with van der Waals surface area (Å²) in [6.45, 7) is 0. The van der Waals surface area contributed by atoms with Gasteiger partial charge in [-0.2, -0.15) is 10.2 Å². The molecule has 0 fully saturated rings. The number of nitrogens with zero attached hydrogens (tertiary/aromatic N) is 2. The van der Waals surface area contributed by atoms with Gasteiger partial charge in [0.15, 0.2) is 0 Å². The Morgan fingerprint density at radius 2 is 0.774 bits per heavy atom. The SMILES string of the molecule is N/N=C(/c1ccccc1)c1ccc(Oc2ccc(/C(=N/N)c3ccccc3)cc2)cc1. The molecule has 0 bridgehead atoms. The van der Waals surface area contributed by atoms with E-state index in [-0.39, 0.29) is 0 Å². The second kappa shape index (κ2) is 9.41. The highest BCUT2D eigenvalue weighted by Gasteiger charge is 2.09. The van der Waals surface area contributed by atoms with Crippen LogP contribution in [-0.4, -0.2) is 11.4 Å². The van der Waals surface area contributed by atoms with Crippen LogP contribution >= 0.6 is 0 Å². The zero-order valence-electron chi connectivity index (χ0n) is 16.8. The van der Waals surface area contributed by atoms with Crippen LogP contribution in [-0.2, 0) is 0 Å². The largest absolute Gasteiger partial charge is 0.457 e. The van der Waals surface area contributed by atoms with E-state index < -0.39 is 0 Å². The van der Waals surface area contributed by atoms with Crippen LogP contribution in [0.3, 0.4) is 0 Å². The molecular weight excluding hydrogens is 384 g/mol. The average molecular weight is 406 g/mol. The first-order chi connectivity index (χ1) is 15.3. The Morgan fingerprint density at radius 1 is 0.452 bits per heavy atom. The quantitative estimate of drug-likeness (QED) is 0.271. The molecule has 0 aromatic heterocycles. The first-order valence-electron chi connectivity index (χ1n) is 9.84. The van der Waals surface area contributed by atoms with Crippen molar-refractivity contribution in [3.8, 4) is 11.5 Å². The van der Waals surface area contributed by atoms with Gasteiger partial charge in [-0.1, -0.05) is 60.7 Å². The molecule has 152 valence electrons. The van der Waals surface area contributed by atoms with Gasteiger partial charge in [-0.15, -0.1) is 0 Å². The van der Waals surface area contributed by atoms with Crippen molar-refractivity contribution in [3.05, 3.63) is 131 Å². The Bertz CT molecular complexity index is 1090. The Morgan fingerprint density at radius 3 is 1.10 bits per heavy atom. The van der Waals surface area contributed by atoms with Crippen LogP contribution in [0.5, 0.6) is 11.5 Å². The van der Waals surface area contributed by atoms with E-state index in [9.17, 15) is 0 Å². The fourth-order valence-electron chi connectivity index (χ4n) is 3.32. The highest BCUT2D eigenvalue weighted by Crippen LogP contribution is 2.24. The predicted molar refractivity (Wildman–Crippen MR) is 125 cm³/mol. The maximum absolute atomic E-state index is 5.98. The number of ether oxygens (including phenoxy) is 1. The molecule has 0 amide bonds. The molecular formula is C26H22N4O. The molecule has 4 aromatic rings. The Kier molecular flexibility index (Phi) is 6.05. The molecule has 4 rings (SSSR count). The fraction of sp³-hybridized carbons (Fsp3) is 0. The third-order valence-corrected chi connectivity index (χ3v) is 4.84. The molecule has 5 nitrogen and oxygen atoms in total. The summed E-state index contributed by atoms with van der Waals surface area (Å²) in [5, 5.41) is 7.91. The van der Waals surface area contributed by atoms with E-state index in [4.69, 9.17) is 16.4 Å². The molecule has 5 heteroatoms. The van der Waals surface area contributed by atoms with E-state index in [0.29, 0.717) is 0 Å². The minimum Gasteiger partial charge on any atom is -0.457 e. The molecule has 0 saturated carbocycles. The van der Waals surface area contributed by atoms with Crippen molar-refractivity contribution in [2.45, 2.75) is 0 Å². The van der Waals surface area contributed by atoms with Gasteiger partial charge in [-0.3, -0.25) is 0 Å². The van der Waals surface area contributed by atoms with Gasteiger partial charge in [-0.05, 0) is 48.5 Å². The standard InChI is InChI=1S/C26H22N4O/c27-29-25(19-7-3-1-4-8-19)21-11-15-23(16-12-21)31-24-17-13-22(14-18-24)26(30-28)20-9-5-2-6-10-20/h1-18H,27-28H2/b29-25-,30-26+. The molecule has 4 aromatic carbocycles. The molecule has 0 spiro atoms. The van der Waals surface area contributed by atoms with Crippen molar-refractivity contribution in [1.29, 1.82) is 0 Å². The van der Waals surface area contributed by atoms with Gasteiger partial charge in [-0.25, -0.2) is 0 Å².